The zero-order valence-corrected chi connectivity index (χ0v) is 18.1. The van der Waals surface area contributed by atoms with Gasteiger partial charge >= 0.3 is 0 Å². The number of carbonyl (C=O) groups excluding carboxylic acids is 1. The molecule has 30 heavy (non-hydrogen) atoms. The van der Waals surface area contributed by atoms with Gasteiger partial charge in [0.05, 0.1) is 18.1 Å². The number of carbonyl (C=O) groups is 1. The lowest BCUT2D eigenvalue weighted by molar-refractivity contribution is -0.129. The van der Waals surface area contributed by atoms with Crippen molar-refractivity contribution in [2.24, 2.45) is 0 Å². The van der Waals surface area contributed by atoms with Gasteiger partial charge in [0.2, 0.25) is 5.91 Å². The zero-order valence-electron chi connectivity index (χ0n) is 16.6. The van der Waals surface area contributed by atoms with Crippen LogP contribution in [-0.2, 0) is 4.79 Å². The van der Waals surface area contributed by atoms with Crippen molar-refractivity contribution in [3.63, 3.8) is 0 Å². The van der Waals surface area contributed by atoms with E-state index in [1.165, 1.54) is 0 Å². The number of rotatable bonds is 5. The third-order valence-electron chi connectivity index (χ3n) is 5.47. The fraction of sp³-hybridized carbons (Fsp3) is 0.400. The second kappa shape index (κ2) is 9.06. The summed E-state index contributed by atoms with van der Waals surface area (Å²) in [4.78, 5) is 25.5. The van der Waals surface area contributed by atoms with Crippen LogP contribution in [-0.4, -0.2) is 63.7 Å². The molecule has 1 aliphatic rings. The summed E-state index contributed by atoms with van der Waals surface area (Å²) in [6, 6.07) is 5.46. The van der Waals surface area contributed by atoms with Gasteiger partial charge in [-0.15, -0.1) is 0 Å². The van der Waals surface area contributed by atoms with Gasteiger partial charge in [-0.25, -0.2) is 9.97 Å². The number of amides is 1. The van der Waals surface area contributed by atoms with E-state index in [9.17, 15) is 4.79 Å². The van der Waals surface area contributed by atoms with E-state index < -0.39 is 0 Å². The molecular formula is C20H23Cl2N7O. The van der Waals surface area contributed by atoms with E-state index in [2.05, 4.69) is 30.4 Å². The highest BCUT2D eigenvalue weighted by Crippen LogP contribution is 2.26. The number of hydrogen-bond donors (Lipinski definition) is 2. The van der Waals surface area contributed by atoms with Gasteiger partial charge in [0.15, 0.2) is 5.65 Å². The highest BCUT2D eigenvalue weighted by Gasteiger charge is 2.25. The molecule has 0 spiro atoms. The number of nitrogens with one attached hydrogen (secondary N) is 2. The maximum Gasteiger partial charge on any atom is 0.241 e. The number of fused-ring (bicyclic) bond motifs is 1. The number of H-pyrrole nitrogens is 1. The van der Waals surface area contributed by atoms with Crippen LogP contribution in [0.2, 0.25) is 10.0 Å². The molecule has 0 aliphatic carbocycles. The maximum atomic E-state index is 12.7. The van der Waals surface area contributed by atoms with Crippen LogP contribution in [0, 0.1) is 0 Å². The second-order valence-electron chi connectivity index (χ2n) is 7.42. The first kappa shape index (κ1) is 20.7. The summed E-state index contributed by atoms with van der Waals surface area (Å²) in [5, 5.41) is 12.1. The Bertz CT molecular complexity index is 1020. The molecule has 0 saturated carbocycles. The van der Waals surface area contributed by atoms with Gasteiger partial charge in [-0.05, 0) is 37.5 Å². The molecule has 3 heterocycles. The fourth-order valence-electron chi connectivity index (χ4n) is 3.87. The minimum absolute atomic E-state index is 0.0636. The molecule has 0 bridgehead atoms. The summed E-state index contributed by atoms with van der Waals surface area (Å²) in [5.41, 5.74) is 1.46. The topological polar surface area (TPSA) is 90.0 Å². The Kier molecular flexibility index (Phi) is 6.24. The summed E-state index contributed by atoms with van der Waals surface area (Å²) in [6.07, 6.45) is 6.09. The number of aromatic amines is 1. The first-order chi connectivity index (χ1) is 14.5. The number of halogens is 2. The van der Waals surface area contributed by atoms with Gasteiger partial charge in [-0.2, -0.15) is 5.10 Å². The molecular weight excluding hydrogens is 425 g/mol. The van der Waals surface area contributed by atoms with E-state index >= 15 is 0 Å². The van der Waals surface area contributed by atoms with Gasteiger partial charge in [-0.1, -0.05) is 23.2 Å². The number of anilines is 2. The molecule has 2 aromatic heterocycles. The third kappa shape index (κ3) is 4.60. The van der Waals surface area contributed by atoms with Gasteiger partial charge in [0.25, 0.3) is 0 Å². The number of benzene rings is 1. The molecule has 10 heteroatoms. The molecule has 2 N–H and O–H groups in total. The minimum atomic E-state index is 0.0636. The van der Waals surface area contributed by atoms with Crippen molar-refractivity contribution >= 4 is 51.6 Å². The molecule has 8 nitrogen and oxygen atoms in total. The molecule has 1 saturated heterocycles. The van der Waals surface area contributed by atoms with E-state index in [0.717, 1.165) is 48.3 Å². The van der Waals surface area contributed by atoms with Crippen LogP contribution >= 0.6 is 23.2 Å². The van der Waals surface area contributed by atoms with Crippen molar-refractivity contribution in [3.8, 4) is 0 Å². The smallest absolute Gasteiger partial charge is 0.241 e. The fourth-order valence-corrected chi connectivity index (χ4v) is 4.39. The molecule has 1 aromatic carbocycles. The van der Waals surface area contributed by atoms with E-state index in [1.807, 2.05) is 11.9 Å². The van der Waals surface area contributed by atoms with E-state index in [0.29, 0.717) is 16.6 Å². The number of likely N-dealkylation sites (tertiary alicyclic amines) is 1. The molecule has 1 fully saturated rings. The van der Waals surface area contributed by atoms with E-state index in [1.54, 1.807) is 30.7 Å². The Balaban J connectivity index is 1.36. The number of nitrogens with zero attached hydrogens (tertiary/aromatic N) is 5. The molecule has 1 aliphatic heterocycles. The Labute approximate surface area is 184 Å². The monoisotopic (exact) mass is 447 g/mol. The summed E-state index contributed by atoms with van der Waals surface area (Å²) in [5.74, 6) is 0.923. The lowest BCUT2D eigenvalue weighted by atomic mass is 10.1. The van der Waals surface area contributed by atoms with Crippen molar-refractivity contribution in [2.45, 2.75) is 25.3 Å². The van der Waals surface area contributed by atoms with Gasteiger partial charge in [-0.3, -0.25) is 9.89 Å². The van der Waals surface area contributed by atoms with Crippen LogP contribution in [0.4, 0.5) is 11.5 Å². The van der Waals surface area contributed by atoms with Crippen LogP contribution in [0.1, 0.15) is 19.3 Å². The second-order valence-corrected chi connectivity index (χ2v) is 8.29. The van der Waals surface area contributed by atoms with Crippen molar-refractivity contribution in [1.82, 2.24) is 25.1 Å². The summed E-state index contributed by atoms with van der Waals surface area (Å²) < 4.78 is 0. The van der Waals surface area contributed by atoms with Crippen molar-refractivity contribution in [2.75, 3.05) is 36.9 Å². The first-order valence-electron chi connectivity index (χ1n) is 9.86. The largest absolute Gasteiger partial charge is 0.376 e. The molecule has 0 radical (unpaired) electrons. The minimum Gasteiger partial charge on any atom is -0.376 e. The van der Waals surface area contributed by atoms with Crippen molar-refractivity contribution < 1.29 is 4.79 Å². The highest BCUT2D eigenvalue weighted by atomic mass is 35.5. The summed E-state index contributed by atoms with van der Waals surface area (Å²) >= 11 is 12.0. The lowest BCUT2D eigenvalue weighted by Crippen LogP contribution is -2.38. The Morgan fingerprint density at radius 3 is 2.83 bits per heavy atom. The Morgan fingerprint density at radius 1 is 1.23 bits per heavy atom. The van der Waals surface area contributed by atoms with Gasteiger partial charge in [0, 0.05) is 41.9 Å². The van der Waals surface area contributed by atoms with Crippen molar-refractivity contribution in [3.05, 3.63) is 40.8 Å². The average molecular weight is 448 g/mol. The van der Waals surface area contributed by atoms with Crippen LogP contribution in [0.3, 0.4) is 0 Å². The van der Waals surface area contributed by atoms with E-state index in [4.69, 9.17) is 23.2 Å². The van der Waals surface area contributed by atoms with Crippen LogP contribution < -0.4 is 10.2 Å². The number of aromatic nitrogens is 4. The molecule has 158 valence electrons. The Hall–Kier alpha value is -2.58. The van der Waals surface area contributed by atoms with Crippen molar-refractivity contribution in [1.29, 1.82) is 0 Å². The Morgan fingerprint density at radius 2 is 2.03 bits per heavy atom. The maximum absolute atomic E-state index is 12.7. The zero-order chi connectivity index (χ0) is 21.1. The van der Waals surface area contributed by atoms with Crippen LogP contribution in [0.25, 0.3) is 11.0 Å². The lowest BCUT2D eigenvalue weighted by Gasteiger charge is -2.28. The average Bonchev–Trinajstić information content (AvgIpc) is 3.07. The highest BCUT2D eigenvalue weighted by molar-refractivity contribution is 6.35. The first-order valence-corrected chi connectivity index (χ1v) is 10.6. The van der Waals surface area contributed by atoms with Gasteiger partial charge < -0.3 is 15.1 Å². The van der Waals surface area contributed by atoms with Gasteiger partial charge in [0.1, 0.15) is 12.1 Å². The van der Waals surface area contributed by atoms with Crippen LogP contribution in [0.5, 0.6) is 0 Å². The standard InChI is InChI=1S/C20H23Cl2N7O/c1-28(20-17-10-26-27-19(17)24-12-25-20)16-3-2-5-29(6-4-16)18(30)11-23-15-8-13(21)7-14(22)9-15/h7-10,12,16,23H,2-6,11H2,1H3,(H,24,25,26,27). The molecule has 3 aromatic rings. The predicted octanol–water partition coefficient (Wildman–Crippen LogP) is 3.59. The van der Waals surface area contributed by atoms with Crippen LogP contribution in [0.15, 0.2) is 30.7 Å². The molecule has 1 unspecified atom stereocenters. The molecule has 1 amide bonds. The quantitative estimate of drug-likeness (QED) is 0.620. The predicted molar refractivity (Wildman–Crippen MR) is 119 cm³/mol. The SMILES string of the molecule is CN(c1ncnc2[nH]ncc12)C1CCCN(C(=O)CNc2cc(Cl)cc(Cl)c2)CC1. The number of hydrogen-bond acceptors (Lipinski definition) is 6. The summed E-state index contributed by atoms with van der Waals surface area (Å²) in [6.45, 7) is 1.65. The molecule has 1 atom stereocenters. The third-order valence-corrected chi connectivity index (χ3v) is 5.90. The summed E-state index contributed by atoms with van der Waals surface area (Å²) in [7, 11) is 2.04. The molecule has 4 rings (SSSR count). The van der Waals surface area contributed by atoms with E-state index in [-0.39, 0.29) is 18.5 Å². The normalized spacial score (nSPS) is 17.0.